The molecule has 0 aliphatic heterocycles. The van der Waals surface area contributed by atoms with Gasteiger partial charge in [-0.3, -0.25) is 0 Å². The highest BCUT2D eigenvalue weighted by Gasteiger charge is 2.89. The van der Waals surface area contributed by atoms with Crippen molar-refractivity contribution < 1.29 is 48.3 Å². The Kier molecular flexibility index (Phi) is 5.63. The minimum absolute atomic E-state index is 1.74. The number of halogens is 14. The average molecular weight is 419 g/mol. The smallest absolute Gasteiger partial charge is 0.193 e. The van der Waals surface area contributed by atoms with Crippen LogP contribution in [0.1, 0.15) is 0 Å². The molecule has 0 nitrogen and oxygen atoms in total. The lowest BCUT2D eigenvalue weighted by Gasteiger charge is -2.45. The van der Waals surface area contributed by atoms with Crippen LogP contribution < -0.4 is 0 Å². The van der Waals surface area contributed by atoms with Crippen molar-refractivity contribution in [2.45, 2.75) is 33.5 Å². The van der Waals surface area contributed by atoms with E-state index in [0.29, 0.717) is 0 Å². The van der Waals surface area contributed by atoms with Gasteiger partial charge < -0.3 is 0 Å². The Morgan fingerprint density at radius 2 is 0.857 bits per heavy atom. The molecule has 0 rings (SSSR count). The molecule has 128 valence electrons. The van der Waals surface area contributed by atoms with Crippen molar-refractivity contribution in [1.82, 2.24) is 0 Å². The Morgan fingerprint density at radius 1 is 0.571 bits per heavy atom. The molecular formula is C6Cl3F11S. The predicted octanol–water partition coefficient (Wildman–Crippen LogP) is 6.11. The molecule has 0 aliphatic rings. The van der Waals surface area contributed by atoms with Crippen molar-refractivity contribution in [2.24, 2.45) is 0 Å². The highest BCUT2D eigenvalue weighted by molar-refractivity contribution is 8.23. The lowest BCUT2D eigenvalue weighted by atomic mass is 9.96. The van der Waals surface area contributed by atoms with E-state index in [9.17, 15) is 48.3 Å². The van der Waals surface area contributed by atoms with Gasteiger partial charge in [-0.1, -0.05) is 23.2 Å². The molecule has 1 atom stereocenters. The van der Waals surface area contributed by atoms with E-state index in [1.54, 1.807) is 0 Å². The Hall–Kier alpha value is 0.450. The van der Waals surface area contributed by atoms with Crippen LogP contribution in [-0.4, -0.2) is 33.5 Å². The summed E-state index contributed by atoms with van der Waals surface area (Å²) in [4.78, 5) is -6.18. The third-order valence-electron chi connectivity index (χ3n) is 2.09. The van der Waals surface area contributed by atoms with Crippen LogP contribution in [0.25, 0.3) is 0 Å². The molecule has 21 heavy (non-hydrogen) atoms. The van der Waals surface area contributed by atoms with Crippen molar-refractivity contribution >= 4 is 44.9 Å². The normalized spacial score (nSPS) is 18.6. The van der Waals surface area contributed by atoms with Crippen molar-refractivity contribution in [3.8, 4) is 0 Å². The van der Waals surface area contributed by atoms with Crippen LogP contribution in [0.3, 0.4) is 0 Å². The van der Waals surface area contributed by atoms with Gasteiger partial charge in [-0.25, -0.2) is 0 Å². The van der Waals surface area contributed by atoms with E-state index < -0.39 is 44.5 Å². The summed E-state index contributed by atoms with van der Waals surface area (Å²) in [5.74, 6) is -6.74. The van der Waals surface area contributed by atoms with Crippen LogP contribution in [0.15, 0.2) is 0 Å². The summed E-state index contributed by atoms with van der Waals surface area (Å²) in [7, 11) is 2.68. The van der Waals surface area contributed by atoms with E-state index in [4.69, 9.17) is 0 Å². The minimum atomic E-state index is -6.88. The molecule has 0 aromatic rings. The fourth-order valence-electron chi connectivity index (χ4n) is 1.03. The summed E-state index contributed by atoms with van der Waals surface area (Å²) in [5, 5.41) is 0. The van der Waals surface area contributed by atoms with Crippen molar-refractivity contribution in [1.29, 1.82) is 0 Å². The fourth-order valence-corrected chi connectivity index (χ4v) is 2.89. The number of alkyl halides is 13. The molecule has 0 saturated heterocycles. The molecule has 15 heteroatoms. The van der Waals surface area contributed by atoms with Gasteiger partial charge in [0.15, 0.2) is 0 Å². The standard InChI is InChI=1S/C6Cl3F11S/c7-1(4(12,13)14,5(15,16)17)2(8,21-9)3(10,11)6(18,19)20. The van der Waals surface area contributed by atoms with Gasteiger partial charge in [0, 0.05) is 0 Å². The topological polar surface area (TPSA) is 0 Å². The van der Waals surface area contributed by atoms with Gasteiger partial charge in [0.05, 0.1) is 0 Å². The van der Waals surface area contributed by atoms with Crippen molar-refractivity contribution in [3.63, 3.8) is 0 Å². The Labute approximate surface area is 127 Å². The van der Waals surface area contributed by atoms with E-state index in [-0.39, 0.29) is 0 Å². The quantitative estimate of drug-likeness (QED) is 0.393. The summed E-state index contributed by atoms with van der Waals surface area (Å²) < 4.78 is 132. The fraction of sp³-hybridized carbons (Fsp3) is 1.00. The van der Waals surface area contributed by atoms with E-state index in [2.05, 4.69) is 33.9 Å². The second-order valence-electron chi connectivity index (χ2n) is 3.40. The van der Waals surface area contributed by atoms with Crippen LogP contribution in [0.2, 0.25) is 0 Å². The third kappa shape index (κ3) is 2.97. The number of hydrogen-bond donors (Lipinski definition) is 0. The summed E-state index contributed by atoms with van der Waals surface area (Å²) in [6, 6.07) is 0. The molecule has 0 N–H and O–H groups in total. The molecular weight excluding hydrogens is 419 g/mol. The zero-order valence-corrected chi connectivity index (χ0v) is 11.8. The summed E-state index contributed by atoms with van der Waals surface area (Å²) in [5.41, 5.74) is 0. The van der Waals surface area contributed by atoms with E-state index >= 15 is 0 Å². The molecule has 0 radical (unpaired) electrons. The van der Waals surface area contributed by atoms with E-state index in [0.717, 1.165) is 0 Å². The monoisotopic (exact) mass is 418 g/mol. The van der Waals surface area contributed by atoms with Crippen LogP contribution in [0, 0.1) is 0 Å². The Morgan fingerprint density at radius 3 is 1.00 bits per heavy atom. The Bertz CT molecular complexity index is 371. The molecule has 0 amide bonds. The summed E-state index contributed by atoms with van der Waals surface area (Å²) in [6.45, 7) is 0. The number of rotatable bonds is 3. The maximum atomic E-state index is 13.1. The second kappa shape index (κ2) is 5.52. The predicted molar refractivity (Wildman–Crippen MR) is 53.7 cm³/mol. The van der Waals surface area contributed by atoms with Crippen LogP contribution in [-0.2, 0) is 0 Å². The van der Waals surface area contributed by atoms with Gasteiger partial charge in [0.25, 0.3) is 4.87 Å². The van der Waals surface area contributed by atoms with E-state index in [1.165, 1.54) is 0 Å². The zero-order valence-electron chi connectivity index (χ0n) is 8.70. The van der Waals surface area contributed by atoms with Crippen LogP contribution in [0.5, 0.6) is 0 Å². The van der Waals surface area contributed by atoms with Gasteiger partial charge in [-0.05, 0) is 21.7 Å². The first-order chi connectivity index (χ1) is 8.81. The summed E-state index contributed by atoms with van der Waals surface area (Å²) >= 11 is 8.49. The van der Waals surface area contributed by atoms with Gasteiger partial charge in [0.2, 0.25) is 4.21 Å². The molecule has 0 saturated carbocycles. The highest BCUT2D eigenvalue weighted by Crippen LogP contribution is 2.68. The first kappa shape index (κ1) is 21.4. The molecule has 0 aliphatic carbocycles. The SMILES string of the molecule is FC(F)(F)C(F)(F)C(Cl)(SCl)C(Cl)(C(F)(F)F)C(F)(F)F. The molecule has 0 aromatic carbocycles. The second-order valence-corrected chi connectivity index (χ2v) is 5.99. The van der Waals surface area contributed by atoms with Crippen molar-refractivity contribution in [3.05, 3.63) is 0 Å². The molecule has 0 bridgehead atoms. The molecule has 0 heterocycles. The van der Waals surface area contributed by atoms with Gasteiger partial charge in [0.1, 0.15) is 0 Å². The zero-order chi connectivity index (χ0) is 17.7. The van der Waals surface area contributed by atoms with Gasteiger partial charge in [-0.15, -0.1) is 0 Å². The number of hydrogen-bond acceptors (Lipinski definition) is 1. The van der Waals surface area contributed by atoms with Gasteiger partial charge in [-0.2, -0.15) is 48.3 Å². The van der Waals surface area contributed by atoms with Crippen LogP contribution >= 0.6 is 44.9 Å². The maximum Gasteiger partial charge on any atom is 0.456 e. The van der Waals surface area contributed by atoms with Crippen molar-refractivity contribution in [2.75, 3.05) is 0 Å². The van der Waals surface area contributed by atoms with Crippen LogP contribution in [0.4, 0.5) is 48.3 Å². The lowest BCUT2D eigenvalue weighted by molar-refractivity contribution is -0.326. The largest absolute Gasteiger partial charge is 0.456 e. The summed E-state index contributed by atoms with van der Waals surface area (Å²) in [6.07, 6.45) is -20.5. The highest BCUT2D eigenvalue weighted by atomic mass is 35.7. The minimum Gasteiger partial charge on any atom is -0.193 e. The first-order valence-electron chi connectivity index (χ1n) is 4.07. The molecule has 0 spiro atoms. The lowest BCUT2D eigenvalue weighted by Crippen LogP contribution is -2.71. The Balaban J connectivity index is 6.60. The maximum absolute atomic E-state index is 13.1. The first-order valence-corrected chi connectivity index (χ1v) is 6.46. The molecule has 0 aromatic heterocycles. The molecule has 1 unspecified atom stereocenters. The average Bonchev–Trinajstić information content (AvgIpc) is 2.21. The van der Waals surface area contributed by atoms with E-state index in [1.807, 2.05) is 0 Å². The molecule has 0 fully saturated rings. The third-order valence-corrected chi connectivity index (χ3v) is 5.47. The van der Waals surface area contributed by atoms with Gasteiger partial charge >= 0.3 is 24.5 Å².